The number of pyridine rings is 1. The number of aromatic amines is 1. The van der Waals surface area contributed by atoms with Crippen LogP contribution in [0.1, 0.15) is 31.2 Å². The van der Waals surface area contributed by atoms with Crippen molar-refractivity contribution in [2.75, 3.05) is 11.9 Å². The fraction of sp³-hybridized carbons (Fsp3) is 0.310. The van der Waals surface area contributed by atoms with Gasteiger partial charge in [-0.3, -0.25) is 14.6 Å². The molecule has 206 valence electrons. The Hall–Kier alpha value is -4.15. The second kappa shape index (κ2) is 12.8. The number of carbonyl (C=O) groups excluding carboxylic acids is 2. The van der Waals surface area contributed by atoms with Gasteiger partial charge in [0.1, 0.15) is 6.04 Å². The molecule has 4 aromatic rings. The van der Waals surface area contributed by atoms with Crippen molar-refractivity contribution >= 4 is 29.1 Å². The zero-order valence-electron chi connectivity index (χ0n) is 21.9. The number of nitrogens with two attached hydrogens (primary N) is 1. The summed E-state index contributed by atoms with van der Waals surface area (Å²) >= 11 is 6.31. The number of H-pyrrole nitrogens is 1. The van der Waals surface area contributed by atoms with E-state index in [-0.39, 0.29) is 17.7 Å². The van der Waals surface area contributed by atoms with Crippen LogP contribution >= 0.6 is 11.6 Å². The van der Waals surface area contributed by atoms with Gasteiger partial charge in [0.15, 0.2) is 0 Å². The lowest BCUT2D eigenvalue weighted by Crippen LogP contribution is -2.48. The molecular weight excluding hydrogens is 528 g/mol. The summed E-state index contributed by atoms with van der Waals surface area (Å²) < 4.78 is 0. The third-order valence-electron chi connectivity index (χ3n) is 7.42. The average Bonchev–Trinajstić information content (AvgIpc) is 3.53. The molecule has 10 nitrogen and oxygen atoms in total. The summed E-state index contributed by atoms with van der Waals surface area (Å²) in [4.78, 5) is 30.8. The van der Waals surface area contributed by atoms with E-state index in [2.05, 4.69) is 36.2 Å². The van der Waals surface area contributed by atoms with Gasteiger partial charge >= 0.3 is 0 Å². The SMILES string of the molecule is NCC1CCC(C(=O)NC(Cc2ccc(-c3ccncc3Cl)cc2)C(=O)Nc2ccc(-c3nn[nH]n3)cc2)CC1. The minimum absolute atomic E-state index is 0.0942. The zero-order valence-corrected chi connectivity index (χ0v) is 22.6. The van der Waals surface area contributed by atoms with E-state index in [9.17, 15) is 9.59 Å². The van der Waals surface area contributed by atoms with Gasteiger partial charge in [0.05, 0.1) is 5.02 Å². The first-order valence-corrected chi connectivity index (χ1v) is 13.7. The van der Waals surface area contributed by atoms with Gasteiger partial charge in [-0.15, -0.1) is 10.2 Å². The number of benzene rings is 2. The molecule has 2 aromatic carbocycles. The van der Waals surface area contributed by atoms with E-state index in [1.807, 2.05) is 30.3 Å². The van der Waals surface area contributed by atoms with E-state index >= 15 is 0 Å². The zero-order chi connectivity index (χ0) is 27.9. The van der Waals surface area contributed by atoms with Crippen LogP contribution in [0.3, 0.4) is 0 Å². The quantitative estimate of drug-likeness (QED) is 0.242. The maximum atomic E-state index is 13.5. The third kappa shape index (κ3) is 6.70. The molecule has 2 aromatic heterocycles. The molecule has 1 aliphatic rings. The number of hydrogen-bond donors (Lipinski definition) is 4. The number of amides is 2. The Morgan fingerprint density at radius 2 is 1.73 bits per heavy atom. The smallest absolute Gasteiger partial charge is 0.247 e. The normalized spacial score (nSPS) is 17.6. The number of anilines is 1. The van der Waals surface area contributed by atoms with Crippen molar-refractivity contribution in [1.29, 1.82) is 0 Å². The molecule has 11 heteroatoms. The fourth-order valence-electron chi connectivity index (χ4n) is 5.04. The Morgan fingerprint density at radius 3 is 2.38 bits per heavy atom. The van der Waals surface area contributed by atoms with Crippen molar-refractivity contribution < 1.29 is 9.59 Å². The minimum Gasteiger partial charge on any atom is -0.344 e. The van der Waals surface area contributed by atoms with Crippen LogP contribution in [0, 0.1) is 11.8 Å². The lowest BCUT2D eigenvalue weighted by molar-refractivity contribution is -0.130. The summed E-state index contributed by atoms with van der Waals surface area (Å²) in [5.74, 6) is 0.416. The Labute approximate surface area is 237 Å². The van der Waals surface area contributed by atoms with Crippen LogP contribution < -0.4 is 16.4 Å². The number of tetrazole rings is 1. The van der Waals surface area contributed by atoms with Gasteiger partial charge in [-0.25, -0.2) is 0 Å². The molecule has 1 unspecified atom stereocenters. The predicted octanol–water partition coefficient (Wildman–Crippen LogP) is 4.01. The first kappa shape index (κ1) is 27.4. The van der Waals surface area contributed by atoms with E-state index in [0.29, 0.717) is 35.4 Å². The highest BCUT2D eigenvalue weighted by atomic mass is 35.5. The molecule has 2 amide bonds. The topological polar surface area (TPSA) is 152 Å². The summed E-state index contributed by atoms with van der Waals surface area (Å²) in [7, 11) is 0. The summed E-state index contributed by atoms with van der Waals surface area (Å²) in [6.45, 7) is 0.644. The van der Waals surface area contributed by atoms with Gasteiger partial charge in [0, 0.05) is 41.5 Å². The van der Waals surface area contributed by atoms with Crippen molar-refractivity contribution in [2.24, 2.45) is 17.6 Å². The number of carbonyl (C=O) groups is 2. The average molecular weight is 559 g/mol. The third-order valence-corrected chi connectivity index (χ3v) is 7.72. The highest BCUT2D eigenvalue weighted by molar-refractivity contribution is 6.33. The van der Waals surface area contributed by atoms with Crippen LogP contribution in [-0.4, -0.2) is 50.0 Å². The second-order valence-corrected chi connectivity index (χ2v) is 10.5. The number of aromatic nitrogens is 5. The van der Waals surface area contributed by atoms with E-state index in [0.717, 1.165) is 47.9 Å². The molecule has 0 saturated heterocycles. The number of rotatable bonds is 9. The van der Waals surface area contributed by atoms with Crippen LogP contribution in [-0.2, 0) is 16.0 Å². The van der Waals surface area contributed by atoms with Crippen molar-refractivity contribution in [3.8, 4) is 22.5 Å². The molecular formula is C29H31ClN8O2. The van der Waals surface area contributed by atoms with Gasteiger partial charge in [-0.1, -0.05) is 35.9 Å². The summed E-state index contributed by atoms with van der Waals surface area (Å²) in [6, 6.07) is 16.0. The molecule has 1 fully saturated rings. The fourth-order valence-corrected chi connectivity index (χ4v) is 5.27. The van der Waals surface area contributed by atoms with E-state index in [1.54, 1.807) is 36.7 Å². The lowest BCUT2D eigenvalue weighted by atomic mass is 9.81. The minimum atomic E-state index is -0.757. The molecule has 40 heavy (non-hydrogen) atoms. The van der Waals surface area contributed by atoms with Crippen LogP contribution in [0.4, 0.5) is 5.69 Å². The molecule has 0 radical (unpaired) electrons. The first-order valence-electron chi connectivity index (χ1n) is 13.3. The number of halogens is 1. The van der Waals surface area contributed by atoms with Gasteiger partial charge in [0.25, 0.3) is 0 Å². The maximum Gasteiger partial charge on any atom is 0.247 e. The highest BCUT2D eigenvalue weighted by Crippen LogP contribution is 2.29. The summed E-state index contributed by atoms with van der Waals surface area (Å²) in [5, 5.41) is 20.5. The van der Waals surface area contributed by atoms with Gasteiger partial charge < -0.3 is 16.4 Å². The Morgan fingerprint density at radius 1 is 1.00 bits per heavy atom. The second-order valence-electron chi connectivity index (χ2n) is 10.1. The molecule has 1 saturated carbocycles. The first-order chi connectivity index (χ1) is 19.5. The summed E-state index contributed by atoms with van der Waals surface area (Å²) in [5.41, 5.74) is 9.92. The van der Waals surface area contributed by atoms with Crippen LogP contribution in [0.5, 0.6) is 0 Å². The number of hydrogen-bond acceptors (Lipinski definition) is 7. The van der Waals surface area contributed by atoms with Gasteiger partial charge in [-0.2, -0.15) is 5.21 Å². The molecule has 1 aliphatic carbocycles. The standard InChI is InChI=1S/C29H31ClN8O2/c30-25-17-32-14-13-24(25)20-5-1-18(2-6-20)15-26(34-28(39)22-7-3-19(16-31)4-8-22)29(40)33-23-11-9-21(10-12-23)27-35-37-38-36-27/h1-2,5-6,9-14,17,19,22,26H,3-4,7-8,15-16,31H2,(H,33,40)(H,34,39)(H,35,36,37,38). The Kier molecular flexibility index (Phi) is 8.78. The molecule has 1 atom stereocenters. The molecule has 5 rings (SSSR count). The van der Waals surface area contributed by atoms with Crippen molar-refractivity contribution in [1.82, 2.24) is 30.9 Å². The Bertz CT molecular complexity index is 1420. The highest BCUT2D eigenvalue weighted by Gasteiger charge is 2.29. The van der Waals surface area contributed by atoms with Crippen molar-refractivity contribution in [2.45, 2.75) is 38.1 Å². The monoisotopic (exact) mass is 558 g/mol. The van der Waals surface area contributed by atoms with Gasteiger partial charge in [0.2, 0.25) is 17.6 Å². The molecule has 5 N–H and O–H groups in total. The number of nitrogens with one attached hydrogen (secondary N) is 3. The molecule has 2 heterocycles. The predicted molar refractivity (Wildman–Crippen MR) is 153 cm³/mol. The molecule has 0 aliphatic heterocycles. The van der Waals surface area contributed by atoms with Crippen LogP contribution in [0.2, 0.25) is 5.02 Å². The van der Waals surface area contributed by atoms with Crippen molar-refractivity contribution in [3.05, 3.63) is 77.6 Å². The molecule has 0 bridgehead atoms. The van der Waals surface area contributed by atoms with E-state index < -0.39 is 6.04 Å². The van der Waals surface area contributed by atoms with Crippen molar-refractivity contribution in [3.63, 3.8) is 0 Å². The van der Waals surface area contributed by atoms with Gasteiger partial charge in [-0.05, 0) is 84.8 Å². The summed E-state index contributed by atoms with van der Waals surface area (Å²) in [6.07, 6.45) is 7.05. The lowest BCUT2D eigenvalue weighted by Gasteiger charge is -2.28. The van der Waals surface area contributed by atoms with Crippen LogP contribution in [0.25, 0.3) is 22.5 Å². The maximum absolute atomic E-state index is 13.5. The van der Waals surface area contributed by atoms with E-state index in [1.165, 1.54) is 0 Å². The Balaban J connectivity index is 1.30. The molecule has 0 spiro atoms. The van der Waals surface area contributed by atoms with Crippen LogP contribution in [0.15, 0.2) is 67.0 Å². The van der Waals surface area contributed by atoms with E-state index in [4.69, 9.17) is 17.3 Å². The number of nitrogens with zero attached hydrogens (tertiary/aromatic N) is 4. The largest absolute Gasteiger partial charge is 0.344 e.